The summed E-state index contributed by atoms with van der Waals surface area (Å²) >= 11 is 0. The topological polar surface area (TPSA) is 77.6 Å². The second kappa shape index (κ2) is 11.4. The third-order valence-corrected chi connectivity index (χ3v) is 7.83. The molecule has 7 heteroatoms. The summed E-state index contributed by atoms with van der Waals surface area (Å²) in [7, 11) is 0. The van der Waals surface area contributed by atoms with E-state index >= 15 is 0 Å². The van der Waals surface area contributed by atoms with E-state index in [2.05, 4.69) is 39.3 Å². The molecule has 0 spiro atoms. The van der Waals surface area contributed by atoms with E-state index in [1.165, 1.54) is 0 Å². The highest BCUT2D eigenvalue weighted by molar-refractivity contribution is 5.95. The number of carbonyl (C=O) groups is 2. The Bertz CT molecular complexity index is 1270. The van der Waals surface area contributed by atoms with Crippen LogP contribution in [0.1, 0.15) is 53.2 Å². The largest absolute Gasteiger partial charge is 0.369 e. The van der Waals surface area contributed by atoms with Crippen molar-refractivity contribution in [3.05, 3.63) is 89.2 Å². The second-order valence-electron chi connectivity index (χ2n) is 10.7. The molecule has 1 aromatic heterocycles. The van der Waals surface area contributed by atoms with E-state index in [9.17, 15) is 9.59 Å². The third kappa shape index (κ3) is 6.05. The van der Waals surface area contributed by atoms with Gasteiger partial charge in [0, 0.05) is 74.0 Å². The maximum absolute atomic E-state index is 12.8. The first-order valence-electron chi connectivity index (χ1n) is 13.6. The van der Waals surface area contributed by atoms with Crippen LogP contribution in [0, 0.1) is 12.8 Å². The number of pyridine rings is 1. The Morgan fingerprint density at radius 2 is 1.79 bits per heavy atom. The second-order valence-corrected chi connectivity index (χ2v) is 10.7. The number of hydrogen-bond acceptors (Lipinski definition) is 5. The first kappa shape index (κ1) is 25.9. The number of amides is 2. The fraction of sp³-hybridized carbons (Fsp3) is 0.387. The van der Waals surface area contributed by atoms with E-state index in [0.717, 1.165) is 60.7 Å². The lowest BCUT2D eigenvalue weighted by molar-refractivity contribution is -0.117. The van der Waals surface area contributed by atoms with Gasteiger partial charge >= 0.3 is 0 Å². The minimum atomic E-state index is -0.0897. The van der Waals surface area contributed by atoms with Crippen molar-refractivity contribution in [2.45, 2.75) is 45.7 Å². The SMILES string of the molecule is Cc1cc(NC(=O)[C@H]2C[C@@H]2c2cccnc2)ccc1CNC(=O)c1ccc(N2CCN(C(C)C)CC2)cc1. The minimum Gasteiger partial charge on any atom is -0.369 e. The predicted octanol–water partition coefficient (Wildman–Crippen LogP) is 4.59. The van der Waals surface area contributed by atoms with Gasteiger partial charge in [-0.2, -0.15) is 0 Å². The summed E-state index contributed by atoms with van der Waals surface area (Å²) in [5.74, 6) is 0.204. The van der Waals surface area contributed by atoms with Crippen molar-refractivity contribution >= 4 is 23.2 Å². The Kier molecular flexibility index (Phi) is 7.74. The van der Waals surface area contributed by atoms with Crippen molar-refractivity contribution in [1.82, 2.24) is 15.2 Å². The number of aromatic nitrogens is 1. The summed E-state index contributed by atoms with van der Waals surface area (Å²) in [4.78, 5) is 34.5. The highest BCUT2D eigenvalue weighted by atomic mass is 16.2. The molecule has 2 aromatic carbocycles. The molecule has 1 aliphatic carbocycles. The minimum absolute atomic E-state index is 0.00509. The average Bonchev–Trinajstić information content (AvgIpc) is 3.75. The summed E-state index contributed by atoms with van der Waals surface area (Å²) in [6, 6.07) is 18.3. The zero-order valence-electron chi connectivity index (χ0n) is 22.5. The zero-order chi connectivity index (χ0) is 26.6. The molecule has 1 saturated heterocycles. The van der Waals surface area contributed by atoms with E-state index in [0.29, 0.717) is 18.2 Å². The van der Waals surface area contributed by atoms with Gasteiger partial charge in [-0.3, -0.25) is 19.5 Å². The van der Waals surface area contributed by atoms with Gasteiger partial charge in [0.15, 0.2) is 0 Å². The van der Waals surface area contributed by atoms with Crippen LogP contribution in [0.25, 0.3) is 0 Å². The van der Waals surface area contributed by atoms with Crippen LogP contribution in [0.5, 0.6) is 0 Å². The van der Waals surface area contributed by atoms with Crippen molar-refractivity contribution < 1.29 is 9.59 Å². The van der Waals surface area contributed by atoms with Crippen molar-refractivity contribution in [3.8, 4) is 0 Å². The van der Waals surface area contributed by atoms with Gasteiger partial charge in [0.2, 0.25) is 5.91 Å². The van der Waals surface area contributed by atoms with Gasteiger partial charge in [0.25, 0.3) is 5.91 Å². The summed E-state index contributed by atoms with van der Waals surface area (Å²) in [6.07, 6.45) is 4.45. The highest BCUT2D eigenvalue weighted by Crippen LogP contribution is 2.47. The molecule has 2 amide bonds. The van der Waals surface area contributed by atoms with Crippen LogP contribution < -0.4 is 15.5 Å². The number of nitrogens with one attached hydrogen (secondary N) is 2. The van der Waals surface area contributed by atoms with E-state index in [-0.39, 0.29) is 23.7 Å². The molecule has 2 aliphatic rings. The molecule has 5 rings (SSSR count). The molecule has 3 aromatic rings. The lowest BCUT2D eigenvalue weighted by atomic mass is 10.1. The summed E-state index contributed by atoms with van der Waals surface area (Å²) < 4.78 is 0. The molecule has 2 atom stereocenters. The summed E-state index contributed by atoms with van der Waals surface area (Å²) in [6.45, 7) is 11.1. The first-order chi connectivity index (χ1) is 18.4. The van der Waals surface area contributed by atoms with Crippen LogP contribution in [-0.2, 0) is 11.3 Å². The van der Waals surface area contributed by atoms with Crippen molar-refractivity contribution in [2.24, 2.45) is 5.92 Å². The first-order valence-corrected chi connectivity index (χ1v) is 13.6. The Labute approximate surface area is 225 Å². The Hall–Kier alpha value is -3.71. The van der Waals surface area contributed by atoms with Crippen molar-refractivity contribution in [3.63, 3.8) is 0 Å². The molecule has 0 unspecified atom stereocenters. The Balaban J connectivity index is 1.11. The van der Waals surface area contributed by atoms with Gasteiger partial charge in [-0.25, -0.2) is 0 Å². The molecule has 2 N–H and O–H groups in total. The molecule has 1 saturated carbocycles. The van der Waals surface area contributed by atoms with E-state index in [1.54, 1.807) is 6.20 Å². The Morgan fingerprint density at radius 3 is 2.45 bits per heavy atom. The molecule has 198 valence electrons. The summed E-state index contributed by atoms with van der Waals surface area (Å²) in [5.41, 5.74) is 5.77. The number of piperazine rings is 1. The van der Waals surface area contributed by atoms with Gasteiger partial charge < -0.3 is 15.5 Å². The van der Waals surface area contributed by atoms with E-state index in [4.69, 9.17) is 0 Å². The standard InChI is InChI=1S/C31H37N5O2/c1-21(2)35-13-15-36(16-14-35)27-10-7-23(8-11-27)30(37)33-20-24-6-9-26(17-22(24)3)34-31(38)29-18-28(29)25-5-4-12-32-19-25/h4-12,17,19,21,28-29H,13-16,18,20H2,1-3H3,(H,33,37)(H,34,38)/t28-,29+/m1/s1. The van der Waals surface area contributed by atoms with E-state index < -0.39 is 0 Å². The van der Waals surface area contributed by atoms with Gasteiger partial charge in [0.1, 0.15) is 0 Å². The van der Waals surface area contributed by atoms with Gasteiger partial charge in [-0.15, -0.1) is 0 Å². The number of hydrogen-bond donors (Lipinski definition) is 2. The monoisotopic (exact) mass is 511 g/mol. The molecular formula is C31H37N5O2. The van der Waals surface area contributed by atoms with Crippen LogP contribution in [0.15, 0.2) is 67.0 Å². The van der Waals surface area contributed by atoms with Gasteiger partial charge in [-0.1, -0.05) is 12.1 Å². The van der Waals surface area contributed by atoms with E-state index in [1.807, 2.05) is 67.7 Å². The number of benzene rings is 2. The number of anilines is 2. The fourth-order valence-corrected chi connectivity index (χ4v) is 5.25. The number of rotatable bonds is 8. The molecule has 0 bridgehead atoms. The maximum Gasteiger partial charge on any atom is 0.251 e. The van der Waals surface area contributed by atoms with Gasteiger partial charge in [0.05, 0.1) is 0 Å². The number of aryl methyl sites for hydroxylation is 1. The molecule has 2 heterocycles. The predicted molar refractivity (Wildman–Crippen MR) is 151 cm³/mol. The lowest BCUT2D eigenvalue weighted by Gasteiger charge is -2.38. The van der Waals surface area contributed by atoms with Crippen LogP contribution in [0.3, 0.4) is 0 Å². The van der Waals surface area contributed by atoms with Crippen molar-refractivity contribution in [1.29, 1.82) is 0 Å². The van der Waals surface area contributed by atoms with Crippen LogP contribution in [-0.4, -0.2) is 53.9 Å². The van der Waals surface area contributed by atoms with Crippen LogP contribution in [0.4, 0.5) is 11.4 Å². The molecular weight excluding hydrogens is 474 g/mol. The van der Waals surface area contributed by atoms with Crippen LogP contribution in [0.2, 0.25) is 0 Å². The molecule has 38 heavy (non-hydrogen) atoms. The zero-order valence-corrected chi connectivity index (χ0v) is 22.5. The van der Waals surface area contributed by atoms with Gasteiger partial charge in [-0.05, 0) is 92.3 Å². The van der Waals surface area contributed by atoms with Crippen molar-refractivity contribution in [2.75, 3.05) is 36.4 Å². The number of nitrogens with zero attached hydrogens (tertiary/aromatic N) is 3. The smallest absolute Gasteiger partial charge is 0.251 e. The average molecular weight is 512 g/mol. The fourth-order valence-electron chi connectivity index (χ4n) is 5.25. The summed E-state index contributed by atoms with van der Waals surface area (Å²) in [5, 5.41) is 6.08. The number of carbonyl (C=O) groups excluding carboxylic acids is 2. The molecule has 2 fully saturated rings. The molecule has 1 aliphatic heterocycles. The molecule has 0 radical (unpaired) electrons. The highest BCUT2D eigenvalue weighted by Gasteiger charge is 2.44. The van der Waals surface area contributed by atoms with Crippen LogP contribution >= 0.6 is 0 Å². The maximum atomic E-state index is 12.8. The normalized spacial score (nSPS) is 19.3. The molecule has 7 nitrogen and oxygen atoms in total. The Morgan fingerprint density at radius 1 is 1.03 bits per heavy atom. The lowest BCUT2D eigenvalue weighted by Crippen LogP contribution is -2.48. The quantitative estimate of drug-likeness (QED) is 0.463. The third-order valence-electron chi connectivity index (χ3n) is 7.83.